The Morgan fingerprint density at radius 2 is 1.57 bits per heavy atom. The second-order valence-corrected chi connectivity index (χ2v) is 6.33. The third-order valence-corrected chi connectivity index (χ3v) is 4.44. The Hall–Kier alpha value is -2.99. The van der Waals surface area contributed by atoms with Gasteiger partial charge < -0.3 is 11.1 Å². The minimum Gasteiger partial charge on any atom is -0.370 e. The van der Waals surface area contributed by atoms with Crippen molar-refractivity contribution in [3.05, 3.63) is 71.8 Å². The van der Waals surface area contributed by atoms with Gasteiger partial charge in [0.2, 0.25) is 5.91 Å². The van der Waals surface area contributed by atoms with Crippen LogP contribution in [0.25, 0.3) is 11.3 Å². The summed E-state index contributed by atoms with van der Waals surface area (Å²) >= 11 is 0. The predicted molar refractivity (Wildman–Crippen MR) is 120 cm³/mol. The number of carbonyl (C=O) groups is 1. The zero-order valence-electron chi connectivity index (χ0n) is 16.3. The van der Waals surface area contributed by atoms with E-state index >= 15 is 0 Å². The molecule has 0 bridgehead atoms. The van der Waals surface area contributed by atoms with Crippen LogP contribution in [-0.4, -0.2) is 11.9 Å². The van der Waals surface area contributed by atoms with Gasteiger partial charge in [-0.1, -0.05) is 101 Å². The van der Waals surface area contributed by atoms with Gasteiger partial charge in [-0.15, -0.1) is 0 Å². The van der Waals surface area contributed by atoms with E-state index < -0.39 is 0 Å². The predicted octanol–water partition coefficient (Wildman–Crippen LogP) is 5.09. The van der Waals surface area contributed by atoms with Crippen LogP contribution in [0.1, 0.15) is 52.2 Å². The van der Waals surface area contributed by atoms with E-state index in [1.807, 2.05) is 57.2 Å². The summed E-state index contributed by atoms with van der Waals surface area (Å²) in [5.74, 6) is 6.24. The maximum Gasteiger partial charge on any atom is 0.220 e. The Morgan fingerprint density at radius 3 is 2.11 bits per heavy atom. The number of primary amides is 1. The molecule has 1 aliphatic rings. The molecule has 2 aromatic rings. The first kappa shape index (κ1) is 23.0. The first-order chi connectivity index (χ1) is 13.1. The van der Waals surface area contributed by atoms with Gasteiger partial charge in [0.05, 0.1) is 17.3 Å². The second kappa shape index (κ2) is 11.7. The molecule has 0 spiro atoms. The van der Waals surface area contributed by atoms with Gasteiger partial charge in [-0.2, -0.15) is 0 Å². The maximum atomic E-state index is 11.3. The minimum absolute atomic E-state index is 0. The van der Waals surface area contributed by atoms with Gasteiger partial charge in [0.25, 0.3) is 0 Å². The van der Waals surface area contributed by atoms with Gasteiger partial charge >= 0.3 is 0 Å². The Bertz CT molecular complexity index is 829. The number of carbonyl (C=O) groups excluding carboxylic acids is 1. The monoisotopic (exact) mass is 376 g/mol. The lowest BCUT2D eigenvalue weighted by Gasteiger charge is -2.24. The van der Waals surface area contributed by atoms with Crippen LogP contribution in [0.3, 0.4) is 0 Å². The molecule has 0 aromatic heterocycles. The number of hydrogen-bond acceptors (Lipinski definition) is 2. The van der Waals surface area contributed by atoms with Gasteiger partial charge in [-0.25, -0.2) is 0 Å². The summed E-state index contributed by atoms with van der Waals surface area (Å²) in [7, 11) is 0. The molecule has 2 aromatic carbocycles. The molecule has 3 N–H and O–H groups in total. The van der Waals surface area contributed by atoms with Crippen molar-refractivity contribution in [1.29, 1.82) is 0 Å². The summed E-state index contributed by atoms with van der Waals surface area (Å²) < 4.78 is 0. The summed E-state index contributed by atoms with van der Waals surface area (Å²) in [6.07, 6.45) is 1.51. The molecule has 148 valence electrons. The fourth-order valence-electron chi connectivity index (χ4n) is 2.86. The number of amides is 1. The lowest BCUT2D eigenvalue weighted by Crippen LogP contribution is -2.31. The Kier molecular flexibility index (Phi) is 9.60. The van der Waals surface area contributed by atoms with E-state index in [1.165, 1.54) is 0 Å². The molecule has 28 heavy (non-hydrogen) atoms. The fraction of sp³-hybridized carbons (Fsp3) is 0.320. The van der Waals surface area contributed by atoms with E-state index in [1.54, 1.807) is 0 Å². The van der Waals surface area contributed by atoms with Crippen molar-refractivity contribution in [2.75, 3.05) is 0 Å². The van der Waals surface area contributed by atoms with Gasteiger partial charge in [-0.3, -0.25) is 4.79 Å². The number of nitrogens with two attached hydrogens (primary N) is 1. The molecular weight excluding hydrogens is 344 g/mol. The first-order valence-electron chi connectivity index (χ1n) is 9.57. The van der Waals surface area contributed by atoms with Crippen LogP contribution in [0, 0.1) is 17.8 Å². The molecule has 1 amide bonds. The maximum absolute atomic E-state index is 11.3. The lowest BCUT2D eigenvalue weighted by molar-refractivity contribution is -0.121. The summed E-state index contributed by atoms with van der Waals surface area (Å²) in [5.41, 5.74) is 9.63. The van der Waals surface area contributed by atoms with Crippen LogP contribution >= 0.6 is 0 Å². The summed E-state index contributed by atoms with van der Waals surface area (Å²) in [6, 6.07) is 20.4. The van der Waals surface area contributed by atoms with Crippen LogP contribution in [0.2, 0.25) is 0 Å². The minimum atomic E-state index is -0.257. The Morgan fingerprint density at radius 1 is 1.04 bits per heavy atom. The number of benzene rings is 2. The zero-order chi connectivity index (χ0) is 19.6. The molecule has 2 atom stereocenters. The highest BCUT2D eigenvalue weighted by Gasteiger charge is 2.19. The fourth-order valence-corrected chi connectivity index (χ4v) is 2.86. The first-order valence-corrected chi connectivity index (χ1v) is 9.57. The molecule has 3 nitrogen and oxygen atoms in total. The van der Waals surface area contributed by atoms with E-state index in [-0.39, 0.29) is 25.3 Å². The summed E-state index contributed by atoms with van der Waals surface area (Å²) in [4.78, 5) is 11.3. The zero-order valence-corrected chi connectivity index (χ0v) is 16.3. The molecule has 0 fully saturated rings. The highest BCUT2D eigenvalue weighted by atomic mass is 16.1. The Labute approximate surface area is 170 Å². The number of rotatable bonds is 6. The van der Waals surface area contributed by atoms with E-state index in [2.05, 4.69) is 41.4 Å². The van der Waals surface area contributed by atoms with Crippen LogP contribution in [0.5, 0.6) is 0 Å². The van der Waals surface area contributed by atoms with E-state index in [0.29, 0.717) is 0 Å². The molecule has 1 aliphatic heterocycles. The highest BCUT2D eigenvalue weighted by Crippen LogP contribution is 2.27. The third-order valence-electron chi connectivity index (χ3n) is 4.44. The van der Waals surface area contributed by atoms with Gasteiger partial charge in [0.15, 0.2) is 0 Å². The highest BCUT2D eigenvalue weighted by molar-refractivity contribution is 5.98. The van der Waals surface area contributed by atoms with Crippen molar-refractivity contribution in [2.45, 2.75) is 47.1 Å². The van der Waals surface area contributed by atoms with Gasteiger partial charge in [-0.05, 0) is 24.0 Å². The number of allylic oxidation sites excluding steroid dienone is 1. The van der Waals surface area contributed by atoms with Crippen molar-refractivity contribution in [3.63, 3.8) is 0 Å². The third kappa shape index (κ3) is 6.03. The lowest BCUT2D eigenvalue weighted by atomic mass is 9.94. The Balaban J connectivity index is 0.00000127. The molecule has 0 aliphatic carbocycles. The average Bonchev–Trinajstić information content (AvgIpc) is 2.74. The topological polar surface area (TPSA) is 55.1 Å². The smallest absolute Gasteiger partial charge is 0.220 e. The van der Waals surface area contributed by atoms with Crippen LogP contribution in [0.15, 0.2) is 60.7 Å². The van der Waals surface area contributed by atoms with E-state index in [9.17, 15) is 4.79 Å². The molecule has 1 heterocycles. The quantitative estimate of drug-likeness (QED) is 0.690. The SMILES string of the molecule is C.CC.CC(CCC1C#CC(c2ccccc2)=C(c2ccccc2)N1)C(N)=O. The molecule has 0 saturated heterocycles. The molecule has 0 radical (unpaired) electrons. The molecule has 2 unspecified atom stereocenters. The summed E-state index contributed by atoms with van der Waals surface area (Å²) in [6.45, 7) is 5.86. The van der Waals surface area contributed by atoms with E-state index in [0.717, 1.165) is 35.2 Å². The molecule has 0 saturated carbocycles. The van der Waals surface area contributed by atoms with E-state index in [4.69, 9.17) is 5.73 Å². The van der Waals surface area contributed by atoms with Crippen molar-refractivity contribution < 1.29 is 4.79 Å². The van der Waals surface area contributed by atoms with Crippen LogP contribution in [0.4, 0.5) is 0 Å². The summed E-state index contributed by atoms with van der Waals surface area (Å²) in [5, 5.41) is 3.57. The van der Waals surface area contributed by atoms with Gasteiger partial charge in [0.1, 0.15) is 0 Å². The van der Waals surface area contributed by atoms with Crippen molar-refractivity contribution in [1.82, 2.24) is 5.32 Å². The number of nitrogens with one attached hydrogen (secondary N) is 1. The molecule has 3 heteroatoms. The van der Waals surface area contributed by atoms with Crippen LogP contribution < -0.4 is 11.1 Å². The molecular formula is C25H32N2O. The standard InChI is InChI=1S/C22H22N2O.C2H6.CH4/c1-16(22(23)25)12-13-19-14-15-20(17-8-4-2-5-9-17)21(24-19)18-10-6-3-7-11-18;1-2;/h2-11,16,19,24H,12-13H2,1H3,(H2,23,25);1-2H3;1H4. The average molecular weight is 377 g/mol. The van der Waals surface area contributed by atoms with Crippen molar-refractivity contribution in [3.8, 4) is 11.8 Å². The van der Waals surface area contributed by atoms with Crippen molar-refractivity contribution >= 4 is 17.2 Å². The second-order valence-electron chi connectivity index (χ2n) is 6.33. The van der Waals surface area contributed by atoms with Crippen molar-refractivity contribution in [2.24, 2.45) is 11.7 Å². The molecule has 3 rings (SSSR count). The van der Waals surface area contributed by atoms with Gasteiger partial charge in [0, 0.05) is 5.92 Å². The largest absolute Gasteiger partial charge is 0.370 e. The number of hydrogen-bond donors (Lipinski definition) is 2. The normalized spacial score (nSPS) is 15.6. The van der Waals surface area contributed by atoms with Crippen LogP contribution in [-0.2, 0) is 4.79 Å².